The molecule has 0 bridgehead atoms. The van der Waals surface area contributed by atoms with E-state index in [0.717, 1.165) is 0 Å². The van der Waals surface area contributed by atoms with Crippen molar-refractivity contribution in [1.29, 1.82) is 0 Å². The highest BCUT2D eigenvalue weighted by Gasteiger charge is 2.17. The molecule has 0 radical (unpaired) electrons. The molecule has 0 atom stereocenters. The second kappa shape index (κ2) is 4.94. The minimum atomic E-state index is 0.543. The van der Waals surface area contributed by atoms with E-state index in [0.29, 0.717) is 11.8 Å². The summed E-state index contributed by atoms with van der Waals surface area (Å²) in [7, 11) is 0. The largest absolute Gasteiger partial charge is 0.0616 e. The van der Waals surface area contributed by atoms with Gasteiger partial charge in [-0.25, -0.2) is 0 Å². The fourth-order valence-corrected chi connectivity index (χ4v) is 3.44. The summed E-state index contributed by atoms with van der Waals surface area (Å²) in [6, 6.07) is 17.7. The number of hydrogen-bond acceptors (Lipinski definition) is 0. The van der Waals surface area contributed by atoms with Crippen LogP contribution >= 0.6 is 0 Å². The Kier molecular flexibility index (Phi) is 3.25. The summed E-state index contributed by atoms with van der Waals surface area (Å²) in [6.45, 7) is 9.23. The average molecular weight is 262 g/mol. The minimum Gasteiger partial charge on any atom is -0.0616 e. The van der Waals surface area contributed by atoms with E-state index in [1.54, 1.807) is 0 Å². The third-order valence-electron chi connectivity index (χ3n) is 4.17. The van der Waals surface area contributed by atoms with Gasteiger partial charge in [0.2, 0.25) is 0 Å². The lowest BCUT2D eigenvalue weighted by atomic mass is 9.82. The Hall–Kier alpha value is -1.82. The number of fused-ring (bicyclic) bond motifs is 3. The molecule has 0 aliphatic carbocycles. The first kappa shape index (κ1) is 13.2. The van der Waals surface area contributed by atoms with Gasteiger partial charge in [-0.2, -0.15) is 0 Å². The summed E-state index contributed by atoms with van der Waals surface area (Å²) in [6.07, 6.45) is 0. The Morgan fingerprint density at radius 2 is 0.800 bits per heavy atom. The second-order valence-corrected chi connectivity index (χ2v) is 6.23. The minimum absolute atomic E-state index is 0.543. The van der Waals surface area contributed by atoms with E-state index in [9.17, 15) is 0 Å². The zero-order chi connectivity index (χ0) is 14.3. The molecule has 0 heteroatoms. The summed E-state index contributed by atoms with van der Waals surface area (Å²) in [5.74, 6) is 1.09. The first-order valence-electron chi connectivity index (χ1n) is 7.54. The van der Waals surface area contributed by atoms with Gasteiger partial charge in [0, 0.05) is 0 Å². The second-order valence-electron chi connectivity index (χ2n) is 6.23. The van der Waals surface area contributed by atoms with E-state index < -0.39 is 0 Å². The van der Waals surface area contributed by atoms with Crippen molar-refractivity contribution in [3.05, 3.63) is 59.7 Å². The molecule has 0 aliphatic heterocycles. The summed E-state index contributed by atoms with van der Waals surface area (Å²) in [5, 5.41) is 5.61. The zero-order valence-corrected chi connectivity index (χ0v) is 12.8. The van der Waals surface area contributed by atoms with Gasteiger partial charge in [-0.3, -0.25) is 0 Å². The van der Waals surface area contributed by atoms with Crippen LogP contribution in [0.1, 0.15) is 50.7 Å². The number of hydrogen-bond donors (Lipinski definition) is 0. The van der Waals surface area contributed by atoms with Gasteiger partial charge in [0.15, 0.2) is 0 Å². The molecule has 0 fully saturated rings. The van der Waals surface area contributed by atoms with Crippen molar-refractivity contribution in [3.8, 4) is 0 Å². The maximum absolute atomic E-state index is 2.31. The van der Waals surface area contributed by atoms with Gasteiger partial charge in [0.1, 0.15) is 0 Å². The van der Waals surface area contributed by atoms with Gasteiger partial charge in [-0.1, -0.05) is 76.2 Å². The quantitative estimate of drug-likeness (QED) is 0.479. The highest BCUT2D eigenvalue weighted by molar-refractivity contribution is 6.11. The van der Waals surface area contributed by atoms with Crippen LogP contribution in [0.3, 0.4) is 0 Å². The molecule has 102 valence electrons. The fourth-order valence-electron chi connectivity index (χ4n) is 3.44. The van der Waals surface area contributed by atoms with Gasteiger partial charge < -0.3 is 0 Å². The highest BCUT2D eigenvalue weighted by atomic mass is 14.2. The van der Waals surface area contributed by atoms with Crippen LogP contribution < -0.4 is 0 Å². The maximum Gasteiger partial charge on any atom is -0.0102 e. The summed E-state index contributed by atoms with van der Waals surface area (Å²) < 4.78 is 0. The Morgan fingerprint density at radius 1 is 0.500 bits per heavy atom. The lowest BCUT2D eigenvalue weighted by molar-refractivity contribution is 0.805. The van der Waals surface area contributed by atoms with Crippen LogP contribution in [-0.2, 0) is 0 Å². The van der Waals surface area contributed by atoms with Crippen molar-refractivity contribution in [2.45, 2.75) is 39.5 Å². The normalized spacial score (nSPS) is 11.9. The van der Waals surface area contributed by atoms with Crippen molar-refractivity contribution < 1.29 is 0 Å². The van der Waals surface area contributed by atoms with Crippen LogP contribution in [0, 0.1) is 0 Å². The molecule has 3 aromatic carbocycles. The molecule has 3 rings (SSSR count). The highest BCUT2D eigenvalue weighted by Crippen LogP contribution is 2.39. The topological polar surface area (TPSA) is 0 Å². The van der Waals surface area contributed by atoms with Gasteiger partial charge in [-0.15, -0.1) is 0 Å². The van der Waals surface area contributed by atoms with Crippen molar-refractivity contribution in [2.75, 3.05) is 0 Å². The predicted molar refractivity (Wildman–Crippen MR) is 89.6 cm³/mol. The molecule has 0 N–H and O–H groups in total. The van der Waals surface area contributed by atoms with Crippen LogP contribution in [0.5, 0.6) is 0 Å². The van der Waals surface area contributed by atoms with Crippen LogP contribution in [0.4, 0.5) is 0 Å². The first-order chi connectivity index (χ1) is 9.61. The maximum atomic E-state index is 2.31. The average Bonchev–Trinajstić information content (AvgIpc) is 2.45. The zero-order valence-electron chi connectivity index (χ0n) is 12.8. The molecule has 0 saturated carbocycles. The summed E-state index contributed by atoms with van der Waals surface area (Å²) in [4.78, 5) is 0. The SMILES string of the molecule is CC(C)c1c(C(C)C)c2ccccc2c2ccccc12. The lowest BCUT2D eigenvalue weighted by Crippen LogP contribution is -2.01. The van der Waals surface area contributed by atoms with E-state index in [-0.39, 0.29) is 0 Å². The first-order valence-corrected chi connectivity index (χ1v) is 7.54. The Balaban J connectivity index is 2.62. The van der Waals surface area contributed by atoms with Crippen molar-refractivity contribution >= 4 is 21.5 Å². The molecule has 0 saturated heterocycles. The monoisotopic (exact) mass is 262 g/mol. The summed E-state index contributed by atoms with van der Waals surface area (Å²) >= 11 is 0. The molecule has 0 spiro atoms. The number of benzene rings is 3. The van der Waals surface area contributed by atoms with Crippen LogP contribution in [0.2, 0.25) is 0 Å². The van der Waals surface area contributed by atoms with Crippen LogP contribution in [-0.4, -0.2) is 0 Å². The third-order valence-corrected chi connectivity index (χ3v) is 4.17. The van der Waals surface area contributed by atoms with Crippen molar-refractivity contribution in [1.82, 2.24) is 0 Å². The molecule has 0 aliphatic rings. The predicted octanol–water partition coefficient (Wildman–Crippen LogP) is 6.24. The third kappa shape index (κ3) is 1.91. The van der Waals surface area contributed by atoms with Gasteiger partial charge in [0.25, 0.3) is 0 Å². The lowest BCUT2D eigenvalue weighted by Gasteiger charge is -2.22. The fraction of sp³-hybridized carbons (Fsp3) is 0.300. The molecule has 0 heterocycles. The van der Waals surface area contributed by atoms with Crippen molar-refractivity contribution in [2.24, 2.45) is 0 Å². The van der Waals surface area contributed by atoms with Gasteiger partial charge in [-0.05, 0) is 44.5 Å². The Morgan fingerprint density at radius 3 is 1.10 bits per heavy atom. The molecular formula is C20H22. The van der Waals surface area contributed by atoms with Gasteiger partial charge in [0.05, 0.1) is 0 Å². The van der Waals surface area contributed by atoms with Crippen molar-refractivity contribution in [3.63, 3.8) is 0 Å². The van der Waals surface area contributed by atoms with E-state index in [1.807, 2.05) is 0 Å². The molecular weight excluding hydrogens is 240 g/mol. The van der Waals surface area contributed by atoms with Gasteiger partial charge >= 0.3 is 0 Å². The standard InChI is InChI=1S/C20H22/c1-13(2)19-17-11-7-5-9-15(17)16-10-6-8-12-18(16)20(19)14(3)4/h5-14H,1-4H3. The molecule has 0 amide bonds. The summed E-state index contributed by atoms with van der Waals surface area (Å²) in [5.41, 5.74) is 3.05. The van der Waals surface area contributed by atoms with E-state index in [2.05, 4.69) is 76.2 Å². The van der Waals surface area contributed by atoms with E-state index in [1.165, 1.54) is 32.7 Å². The number of rotatable bonds is 2. The molecule has 0 unspecified atom stereocenters. The molecule has 0 aromatic heterocycles. The molecule has 3 aromatic rings. The Bertz CT molecular complexity index is 697. The molecule has 0 nitrogen and oxygen atoms in total. The Labute approximate surface area is 121 Å². The van der Waals surface area contributed by atoms with E-state index in [4.69, 9.17) is 0 Å². The smallest absolute Gasteiger partial charge is 0.0102 e. The molecule has 20 heavy (non-hydrogen) atoms. The van der Waals surface area contributed by atoms with E-state index >= 15 is 0 Å². The van der Waals surface area contributed by atoms with Crippen LogP contribution in [0.25, 0.3) is 21.5 Å². The van der Waals surface area contributed by atoms with Crippen LogP contribution in [0.15, 0.2) is 48.5 Å².